The van der Waals surface area contributed by atoms with E-state index in [1.54, 1.807) is 0 Å². The number of para-hydroxylation sites is 1. The molecule has 1 aliphatic rings. The van der Waals surface area contributed by atoms with Crippen LogP contribution in [0.5, 0.6) is 0 Å². The lowest BCUT2D eigenvalue weighted by atomic mass is 10.2. The van der Waals surface area contributed by atoms with Crippen LogP contribution in [0.1, 0.15) is 34.0 Å². The molecule has 0 bridgehead atoms. The lowest BCUT2D eigenvalue weighted by molar-refractivity contribution is 0.0947. The number of fused-ring (bicyclic) bond motifs is 2. The fraction of sp³-hybridized carbons (Fsp3) is 0.238. The quantitative estimate of drug-likeness (QED) is 0.583. The topological polar surface area (TPSA) is 77.1 Å². The Balaban J connectivity index is 1.33. The zero-order valence-corrected chi connectivity index (χ0v) is 15.4. The summed E-state index contributed by atoms with van der Waals surface area (Å²) in [6.45, 7) is 0.488. The van der Waals surface area contributed by atoms with Crippen LogP contribution in [0.4, 0.5) is 0 Å². The van der Waals surface area contributed by atoms with Gasteiger partial charge in [0.2, 0.25) is 0 Å². The minimum Gasteiger partial charge on any atom is -0.350 e. The molecule has 7 nitrogen and oxygen atoms in total. The van der Waals surface area contributed by atoms with Gasteiger partial charge in [-0.2, -0.15) is 5.10 Å². The van der Waals surface area contributed by atoms with Crippen LogP contribution in [0.25, 0.3) is 11.3 Å². The summed E-state index contributed by atoms with van der Waals surface area (Å²) in [6.07, 6.45) is 5.46. The van der Waals surface area contributed by atoms with E-state index in [1.807, 2.05) is 63.8 Å². The number of nitrogens with one attached hydrogen (secondary N) is 1. The zero-order chi connectivity index (χ0) is 18.9. The van der Waals surface area contributed by atoms with Crippen molar-refractivity contribution in [1.29, 1.82) is 0 Å². The Morgan fingerprint density at radius 3 is 2.79 bits per heavy atom. The molecular weight excluding hydrogens is 352 g/mol. The highest BCUT2D eigenvalue weighted by atomic mass is 16.1. The Morgan fingerprint density at radius 1 is 1.04 bits per heavy atom. The smallest absolute Gasteiger partial charge is 0.272 e. The van der Waals surface area contributed by atoms with Crippen molar-refractivity contribution in [3.05, 3.63) is 77.5 Å². The van der Waals surface area contributed by atoms with Gasteiger partial charge in [0.25, 0.3) is 5.91 Å². The van der Waals surface area contributed by atoms with Crippen LogP contribution in [0.3, 0.4) is 0 Å². The third-order valence-corrected chi connectivity index (χ3v) is 5.16. The average Bonchev–Trinajstić information content (AvgIpc) is 3.44. The molecule has 28 heavy (non-hydrogen) atoms. The first-order valence-corrected chi connectivity index (χ1v) is 9.54. The lowest BCUT2D eigenvalue weighted by Crippen LogP contribution is -2.27. The van der Waals surface area contributed by atoms with Gasteiger partial charge in [-0.1, -0.05) is 24.3 Å². The summed E-state index contributed by atoms with van der Waals surface area (Å²) in [6, 6.07) is 15.8. The van der Waals surface area contributed by atoms with Gasteiger partial charge in [0.15, 0.2) is 11.3 Å². The van der Waals surface area contributed by atoms with Crippen LogP contribution in [0, 0.1) is 0 Å². The van der Waals surface area contributed by atoms with E-state index in [4.69, 9.17) is 0 Å². The third kappa shape index (κ3) is 2.85. The van der Waals surface area contributed by atoms with Gasteiger partial charge in [-0.3, -0.25) is 9.20 Å². The Bertz CT molecular complexity index is 1140. The number of hydrogen-bond donors (Lipinski definition) is 1. The van der Waals surface area contributed by atoms with E-state index in [0.29, 0.717) is 18.7 Å². The number of carbonyl (C=O) groups is 1. The van der Waals surface area contributed by atoms with Gasteiger partial charge in [0.1, 0.15) is 5.82 Å². The van der Waals surface area contributed by atoms with Crippen LogP contribution in [0.15, 0.2) is 54.7 Å². The first kappa shape index (κ1) is 16.7. The third-order valence-electron chi connectivity index (χ3n) is 5.16. The first-order chi connectivity index (χ1) is 13.8. The fourth-order valence-electron chi connectivity index (χ4n) is 3.84. The minimum atomic E-state index is -0.123. The van der Waals surface area contributed by atoms with Crippen molar-refractivity contribution in [1.82, 2.24) is 29.7 Å². The molecule has 1 amide bonds. The van der Waals surface area contributed by atoms with Crippen molar-refractivity contribution in [2.75, 3.05) is 6.54 Å². The first-order valence-electron chi connectivity index (χ1n) is 9.54. The molecule has 3 heterocycles. The van der Waals surface area contributed by atoms with E-state index in [1.165, 1.54) is 0 Å². The predicted octanol–water partition coefficient (Wildman–Crippen LogP) is 2.38. The normalized spacial score (nSPS) is 13.0. The average molecular weight is 372 g/mol. The van der Waals surface area contributed by atoms with E-state index in [0.717, 1.165) is 47.7 Å². The zero-order valence-electron chi connectivity index (χ0n) is 15.4. The highest BCUT2D eigenvalue weighted by Crippen LogP contribution is 2.27. The van der Waals surface area contributed by atoms with Gasteiger partial charge in [-0.15, -0.1) is 10.2 Å². The van der Waals surface area contributed by atoms with Crippen molar-refractivity contribution in [2.45, 2.75) is 25.7 Å². The Kier molecular flexibility index (Phi) is 4.12. The summed E-state index contributed by atoms with van der Waals surface area (Å²) in [5.41, 5.74) is 4.58. The summed E-state index contributed by atoms with van der Waals surface area (Å²) in [7, 11) is 0. The molecule has 0 radical (unpaired) electrons. The molecule has 0 fully saturated rings. The Labute approximate surface area is 162 Å². The Morgan fingerprint density at radius 2 is 1.89 bits per heavy atom. The van der Waals surface area contributed by atoms with Crippen molar-refractivity contribution in [3.8, 4) is 5.69 Å². The van der Waals surface area contributed by atoms with Crippen LogP contribution >= 0.6 is 0 Å². The molecule has 0 saturated heterocycles. The van der Waals surface area contributed by atoms with Crippen LogP contribution < -0.4 is 5.32 Å². The van der Waals surface area contributed by atoms with Gasteiger partial charge in [-0.25, -0.2) is 4.68 Å². The fourth-order valence-corrected chi connectivity index (χ4v) is 3.84. The molecule has 1 N–H and O–H groups in total. The standard InChI is InChI=1S/C21H20N6O/c28-21(22-13-12-19-24-23-18-11-4-5-14-26(18)19)20-16-9-6-10-17(16)27(25-20)15-7-2-1-3-8-15/h1-5,7-8,11,14H,6,9-10,12-13H2,(H,22,28). The van der Waals surface area contributed by atoms with Crippen molar-refractivity contribution >= 4 is 11.6 Å². The van der Waals surface area contributed by atoms with E-state index in [-0.39, 0.29) is 5.91 Å². The molecule has 140 valence electrons. The SMILES string of the molecule is O=C(NCCc1nnc2ccccn12)c1nn(-c2ccccc2)c2c1CCC2. The summed E-state index contributed by atoms with van der Waals surface area (Å²) < 4.78 is 3.86. The number of pyridine rings is 1. The largest absolute Gasteiger partial charge is 0.350 e. The maximum atomic E-state index is 12.8. The molecule has 0 spiro atoms. The molecule has 4 aromatic rings. The molecule has 5 rings (SSSR count). The maximum absolute atomic E-state index is 12.8. The molecule has 0 atom stereocenters. The van der Waals surface area contributed by atoms with Gasteiger partial charge in [-0.05, 0) is 43.5 Å². The predicted molar refractivity (Wildman–Crippen MR) is 105 cm³/mol. The highest BCUT2D eigenvalue weighted by molar-refractivity contribution is 5.94. The summed E-state index contributed by atoms with van der Waals surface area (Å²) in [4.78, 5) is 12.8. The second-order valence-electron chi connectivity index (χ2n) is 6.93. The summed E-state index contributed by atoms with van der Waals surface area (Å²) >= 11 is 0. The molecule has 0 aliphatic heterocycles. The van der Waals surface area contributed by atoms with Crippen LogP contribution in [-0.4, -0.2) is 36.8 Å². The van der Waals surface area contributed by atoms with E-state index in [2.05, 4.69) is 20.6 Å². The van der Waals surface area contributed by atoms with Crippen molar-refractivity contribution in [2.24, 2.45) is 0 Å². The maximum Gasteiger partial charge on any atom is 0.272 e. The molecule has 1 aromatic carbocycles. The number of benzene rings is 1. The summed E-state index contributed by atoms with van der Waals surface area (Å²) in [5.74, 6) is 0.706. The second kappa shape index (κ2) is 6.92. The van der Waals surface area contributed by atoms with Crippen molar-refractivity contribution in [3.63, 3.8) is 0 Å². The number of carbonyl (C=O) groups excluding carboxylic acids is 1. The number of amides is 1. The van der Waals surface area contributed by atoms with E-state index in [9.17, 15) is 4.79 Å². The van der Waals surface area contributed by atoms with E-state index < -0.39 is 0 Å². The number of nitrogens with zero attached hydrogens (tertiary/aromatic N) is 5. The molecule has 3 aromatic heterocycles. The van der Waals surface area contributed by atoms with Gasteiger partial charge < -0.3 is 5.32 Å². The number of rotatable bonds is 5. The molecule has 7 heteroatoms. The minimum absolute atomic E-state index is 0.123. The van der Waals surface area contributed by atoms with Crippen LogP contribution in [-0.2, 0) is 19.3 Å². The van der Waals surface area contributed by atoms with Gasteiger partial charge >= 0.3 is 0 Å². The van der Waals surface area contributed by atoms with Crippen LogP contribution in [0.2, 0.25) is 0 Å². The van der Waals surface area contributed by atoms with Gasteiger partial charge in [0.05, 0.1) is 5.69 Å². The number of hydrogen-bond acceptors (Lipinski definition) is 4. The Hall–Kier alpha value is -3.48. The summed E-state index contributed by atoms with van der Waals surface area (Å²) in [5, 5.41) is 16.0. The molecule has 0 unspecified atom stereocenters. The lowest BCUT2D eigenvalue weighted by Gasteiger charge is -2.05. The second-order valence-corrected chi connectivity index (χ2v) is 6.93. The van der Waals surface area contributed by atoms with Gasteiger partial charge in [0, 0.05) is 30.4 Å². The van der Waals surface area contributed by atoms with E-state index >= 15 is 0 Å². The van der Waals surface area contributed by atoms with Crippen molar-refractivity contribution < 1.29 is 4.79 Å². The number of aromatic nitrogens is 5. The monoisotopic (exact) mass is 372 g/mol. The highest BCUT2D eigenvalue weighted by Gasteiger charge is 2.26. The molecule has 1 aliphatic carbocycles. The molecular formula is C21H20N6O. The molecule has 0 saturated carbocycles.